The van der Waals surface area contributed by atoms with Crippen LogP contribution in [-0.2, 0) is 0 Å². The van der Waals surface area contributed by atoms with Gasteiger partial charge in [0.15, 0.2) is 0 Å². The minimum Gasteiger partial charge on any atom is -0.398 e. The van der Waals surface area contributed by atoms with Crippen molar-refractivity contribution in [2.75, 3.05) is 18.8 Å². The lowest BCUT2D eigenvalue weighted by Crippen LogP contribution is -2.47. The largest absolute Gasteiger partial charge is 0.398 e. The summed E-state index contributed by atoms with van der Waals surface area (Å²) in [5.74, 6) is -0.0253. The molecular formula is C16H23N3O. The van der Waals surface area contributed by atoms with Crippen LogP contribution in [0.5, 0.6) is 0 Å². The fourth-order valence-corrected chi connectivity index (χ4v) is 3.49. The second-order valence-electron chi connectivity index (χ2n) is 6.12. The SMILES string of the molecule is Cc1ccc(N)c(C(=O)NC2CCN3CCCC3C2)c1. The van der Waals surface area contributed by atoms with Gasteiger partial charge in [-0.05, 0) is 51.3 Å². The van der Waals surface area contributed by atoms with Crippen LogP contribution in [0.2, 0.25) is 0 Å². The van der Waals surface area contributed by atoms with Gasteiger partial charge in [0.25, 0.3) is 5.91 Å². The fraction of sp³-hybridized carbons (Fsp3) is 0.562. The van der Waals surface area contributed by atoms with Crippen molar-refractivity contribution in [3.8, 4) is 0 Å². The molecule has 2 atom stereocenters. The van der Waals surface area contributed by atoms with Gasteiger partial charge in [0.1, 0.15) is 0 Å². The monoisotopic (exact) mass is 273 g/mol. The van der Waals surface area contributed by atoms with E-state index in [1.54, 1.807) is 0 Å². The molecule has 0 spiro atoms. The average molecular weight is 273 g/mol. The maximum atomic E-state index is 12.4. The molecular weight excluding hydrogens is 250 g/mol. The zero-order chi connectivity index (χ0) is 14.1. The van der Waals surface area contributed by atoms with Gasteiger partial charge in [-0.2, -0.15) is 0 Å². The lowest BCUT2D eigenvalue weighted by molar-refractivity contribution is 0.0897. The Hall–Kier alpha value is -1.55. The Morgan fingerprint density at radius 2 is 2.20 bits per heavy atom. The first-order valence-electron chi connectivity index (χ1n) is 7.54. The highest BCUT2D eigenvalue weighted by atomic mass is 16.1. The van der Waals surface area contributed by atoms with E-state index in [0.717, 1.165) is 24.9 Å². The van der Waals surface area contributed by atoms with E-state index in [1.807, 2.05) is 25.1 Å². The van der Waals surface area contributed by atoms with E-state index in [-0.39, 0.29) is 5.91 Å². The molecule has 0 aromatic heterocycles. The number of piperidine rings is 1. The summed E-state index contributed by atoms with van der Waals surface area (Å²) in [5, 5.41) is 3.17. The summed E-state index contributed by atoms with van der Waals surface area (Å²) >= 11 is 0. The zero-order valence-electron chi connectivity index (χ0n) is 12.1. The molecule has 0 radical (unpaired) electrons. The average Bonchev–Trinajstić information content (AvgIpc) is 2.89. The van der Waals surface area contributed by atoms with E-state index in [9.17, 15) is 4.79 Å². The molecule has 2 saturated heterocycles. The van der Waals surface area contributed by atoms with Gasteiger partial charge in [0.2, 0.25) is 0 Å². The smallest absolute Gasteiger partial charge is 0.253 e. The van der Waals surface area contributed by atoms with Crippen molar-refractivity contribution in [1.29, 1.82) is 0 Å². The number of fused-ring (bicyclic) bond motifs is 1. The van der Waals surface area contributed by atoms with E-state index in [2.05, 4.69) is 10.2 Å². The van der Waals surface area contributed by atoms with Crippen molar-refractivity contribution in [2.24, 2.45) is 0 Å². The van der Waals surface area contributed by atoms with Crippen LogP contribution in [-0.4, -0.2) is 36.0 Å². The van der Waals surface area contributed by atoms with Crippen molar-refractivity contribution in [1.82, 2.24) is 10.2 Å². The number of aryl methyl sites for hydroxylation is 1. The van der Waals surface area contributed by atoms with Gasteiger partial charge in [-0.15, -0.1) is 0 Å². The minimum atomic E-state index is -0.0253. The highest BCUT2D eigenvalue weighted by Gasteiger charge is 2.32. The Morgan fingerprint density at radius 3 is 3.05 bits per heavy atom. The molecule has 4 heteroatoms. The molecule has 108 valence electrons. The van der Waals surface area contributed by atoms with Gasteiger partial charge in [-0.1, -0.05) is 11.6 Å². The Kier molecular flexibility index (Phi) is 3.66. The van der Waals surface area contributed by atoms with E-state index in [0.29, 0.717) is 23.3 Å². The highest BCUT2D eigenvalue weighted by Crippen LogP contribution is 2.27. The molecule has 4 nitrogen and oxygen atoms in total. The number of carbonyl (C=O) groups is 1. The van der Waals surface area contributed by atoms with E-state index < -0.39 is 0 Å². The summed E-state index contributed by atoms with van der Waals surface area (Å²) in [5.41, 5.74) is 8.15. The Labute approximate surface area is 120 Å². The number of rotatable bonds is 2. The molecule has 2 unspecified atom stereocenters. The maximum absolute atomic E-state index is 12.4. The molecule has 1 aromatic rings. The molecule has 2 fully saturated rings. The number of hydrogen-bond acceptors (Lipinski definition) is 3. The van der Waals surface area contributed by atoms with Crippen LogP contribution in [0.1, 0.15) is 41.6 Å². The van der Waals surface area contributed by atoms with Crippen LogP contribution in [0.4, 0.5) is 5.69 Å². The van der Waals surface area contributed by atoms with Gasteiger partial charge in [0.05, 0.1) is 5.56 Å². The Morgan fingerprint density at radius 1 is 1.35 bits per heavy atom. The first-order valence-corrected chi connectivity index (χ1v) is 7.54. The van der Waals surface area contributed by atoms with Gasteiger partial charge < -0.3 is 16.0 Å². The number of anilines is 1. The third-order valence-electron chi connectivity index (χ3n) is 4.61. The van der Waals surface area contributed by atoms with Crippen LogP contribution < -0.4 is 11.1 Å². The summed E-state index contributed by atoms with van der Waals surface area (Å²) < 4.78 is 0. The molecule has 0 aliphatic carbocycles. The van der Waals surface area contributed by atoms with Crippen LogP contribution in [0.3, 0.4) is 0 Å². The van der Waals surface area contributed by atoms with Crippen LogP contribution in [0.25, 0.3) is 0 Å². The third-order valence-corrected chi connectivity index (χ3v) is 4.61. The molecule has 3 rings (SSSR count). The molecule has 3 N–H and O–H groups in total. The topological polar surface area (TPSA) is 58.4 Å². The first-order chi connectivity index (χ1) is 9.63. The van der Waals surface area contributed by atoms with Gasteiger partial charge >= 0.3 is 0 Å². The Bertz CT molecular complexity index is 514. The number of nitrogen functional groups attached to an aromatic ring is 1. The van der Waals surface area contributed by atoms with Gasteiger partial charge in [-0.25, -0.2) is 0 Å². The Balaban J connectivity index is 1.65. The van der Waals surface area contributed by atoms with E-state index in [4.69, 9.17) is 5.73 Å². The number of benzene rings is 1. The number of nitrogens with one attached hydrogen (secondary N) is 1. The first kappa shape index (κ1) is 13.4. The summed E-state index contributed by atoms with van der Waals surface area (Å²) in [7, 11) is 0. The van der Waals surface area contributed by atoms with Crippen LogP contribution >= 0.6 is 0 Å². The highest BCUT2D eigenvalue weighted by molar-refractivity contribution is 5.99. The number of nitrogens with two attached hydrogens (primary N) is 1. The summed E-state index contributed by atoms with van der Waals surface area (Å²) in [6, 6.07) is 6.58. The number of carbonyl (C=O) groups excluding carboxylic acids is 1. The lowest BCUT2D eigenvalue weighted by atomic mass is 9.97. The fourth-order valence-electron chi connectivity index (χ4n) is 3.49. The zero-order valence-corrected chi connectivity index (χ0v) is 12.1. The van der Waals surface area contributed by atoms with E-state index >= 15 is 0 Å². The molecule has 2 heterocycles. The maximum Gasteiger partial charge on any atom is 0.253 e. The third kappa shape index (κ3) is 2.66. The van der Waals surface area contributed by atoms with Crippen molar-refractivity contribution in [3.63, 3.8) is 0 Å². The second kappa shape index (κ2) is 5.44. The molecule has 20 heavy (non-hydrogen) atoms. The molecule has 2 aliphatic heterocycles. The van der Waals surface area contributed by atoms with E-state index in [1.165, 1.54) is 19.4 Å². The molecule has 1 amide bonds. The number of amides is 1. The molecule has 0 bridgehead atoms. The number of hydrogen-bond donors (Lipinski definition) is 2. The quantitative estimate of drug-likeness (QED) is 0.810. The normalized spacial score (nSPS) is 26.2. The summed E-state index contributed by atoms with van der Waals surface area (Å²) in [4.78, 5) is 14.9. The van der Waals surface area contributed by atoms with Crippen molar-refractivity contribution >= 4 is 11.6 Å². The standard InChI is InChI=1S/C16H23N3O/c1-11-4-5-15(17)14(9-11)16(20)18-12-6-8-19-7-2-3-13(19)10-12/h4-5,9,12-13H,2-3,6-8,10,17H2,1H3,(H,18,20). The van der Waals surface area contributed by atoms with Gasteiger partial charge in [-0.3, -0.25) is 4.79 Å². The predicted molar refractivity (Wildman–Crippen MR) is 80.7 cm³/mol. The molecule has 2 aliphatic rings. The minimum absolute atomic E-state index is 0.0253. The van der Waals surface area contributed by atoms with Crippen LogP contribution in [0.15, 0.2) is 18.2 Å². The second-order valence-corrected chi connectivity index (χ2v) is 6.12. The van der Waals surface area contributed by atoms with Crippen molar-refractivity contribution in [2.45, 2.75) is 44.7 Å². The van der Waals surface area contributed by atoms with Gasteiger partial charge in [0, 0.05) is 24.3 Å². The summed E-state index contributed by atoms with van der Waals surface area (Å²) in [6.07, 6.45) is 4.71. The lowest BCUT2D eigenvalue weighted by Gasteiger charge is -2.35. The molecule has 1 aromatic carbocycles. The summed E-state index contributed by atoms with van der Waals surface area (Å²) in [6.45, 7) is 4.32. The predicted octanol–water partition coefficient (Wildman–Crippen LogP) is 1.93. The number of nitrogens with zero attached hydrogens (tertiary/aromatic N) is 1. The van der Waals surface area contributed by atoms with Crippen molar-refractivity contribution < 1.29 is 4.79 Å². The molecule has 0 saturated carbocycles. The van der Waals surface area contributed by atoms with Crippen LogP contribution in [0, 0.1) is 6.92 Å². The van der Waals surface area contributed by atoms with Crippen molar-refractivity contribution in [3.05, 3.63) is 29.3 Å².